The topological polar surface area (TPSA) is 62.1 Å². The monoisotopic (exact) mass is 322 g/mol. The molecule has 1 unspecified atom stereocenters. The van der Waals surface area contributed by atoms with Gasteiger partial charge in [-0.25, -0.2) is 0 Å². The maximum absolute atomic E-state index is 12.2. The van der Waals surface area contributed by atoms with Gasteiger partial charge in [-0.3, -0.25) is 4.79 Å². The molecule has 4 nitrogen and oxygen atoms in total. The van der Waals surface area contributed by atoms with E-state index >= 15 is 0 Å². The molecule has 0 saturated carbocycles. The number of hydrogen-bond acceptors (Lipinski definition) is 3. The average molecular weight is 322 g/mol. The largest absolute Gasteiger partial charge is 0.489 e. The molecule has 0 spiro atoms. The van der Waals surface area contributed by atoms with Gasteiger partial charge in [0.2, 0.25) is 0 Å². The van der Waals surface area contributed by atoms with Crippen molar-refractivity contribution < 1.29 is 9.53 Å². The number of aryl methyl sites for hydroxylation is 1. The van der Waals surface area contributed by atoms with Crippen molar-refractivity contribution in [3.8, 4) is 11.8 Å². The van der Waals surface area contributed by atoms with E-state index in [1.165, 1.54) is 5.56 Å². The normalized spacial score (nSPS) is 11.4. The number of carbonyl (C=O) groups excluding carboxylic acids is 1. The van der Waals surface area contributed by atoms with Crippen LogP contribution in [0.4, 0.5) is 0 Å². The number of ether oxygens (including phenoxy) is 1. The second-order valence-electron chi connectivity index (χ2n) is 5.75. The summed E-state index contributed by atoms with van der Waals surface area (Å²) in [7, 11) is 0. The smallest absolute Gasteiger partial charge is 0.252 e. The van der Waals surface area contributed by atoms with Crippen LogP contribution in [0.2, 0.25) is 0 Å². The molecule has 0 radical (unpaired) electrons. The summed E-state index contributed by atoms with van der Waals surface area (Å²) in [5.41, 5.74) is 2.76. The maximum Gasteiger partial charge on any atom is 0.252 e. The van der Waals surface area contributed by atoms with Gasteiger partial charge in [-0.15, -0.1) is 0 Å². The van der Waals surface area contributed by atoms with Crippen LogP contribution in [0.1, 0.15) is 41.3 Å². The van der Waals surface area contributed by atoms with Gasteiger partial charge in [-0.05, 0) is 37.1 Å². The van der Waals surface area contributed by atoms with Gasteiger partial charge >= 0.3 is 0 Å². The molecule has 2 aromatic rings. The number of nitrogens with zero attached hydrogens (tertiary/aromatic N) is 1. The lowest BCUT2D eigenvalue weighted by molar-refractivity contribution is 0.0943. The van der Waals surface area contributed by atoms with Crippen molar-refractivity contribution in [1.29, 1.82) is 5.26 Å². The number of carbonyl (C=O) groups is 1. The Morgan fingerprint density at radius 1 is 1.25 bits per heavy atom. The zero-order valence-electron chi connectivity index (χ0n) is 14.1. The predicted octanol–water partition coefficient (Wildman–Crippen LogP) is 4.00. The highest BCUT2D eigenvalue weighted by molar-refractivity contribution is 5.94. The minimum atomic E-state index is -0.459. The molecule has 0 fully saturated rings. The van der Waals surface area contributed by atoms with Crippen molar-refractivity contribution in [3.63, 3.8) is 0 Å². The first-order valence-corrected chi connectivity index (χ1v) is 8.11. The number of benzene rings is 2. The van der Waals surface area contributed by atoms with Crippen LogP contribution >= 0.6 is 0 Å². The molecule has 2 aromatic carbocycles. The molecule has 2 rings (SSSR count). The van der Waals surface area contributed by atoms with Crippen LogP contribution < -0.4 is 10.1 Å². The van der Waals surface area contributed by atoms with Crippen molar-refractivity contribution in [2.24, 2.45) is 0 Å². The highest BCUT2D eigenvalue weighted by Crippen LogP contribution is 2.16. The van der Waals surface area contributed by atoms with Gasteiger partial charge in [-0.1, -0.05) is 49.2 Å². The summed E-state index contributed by atoms with van der Waals surface area (Å²) < 4.78 is 5.77. The Morgan fingerprint density at radius 2 is 2.04 bits per heavy atom. The molecule has 1 amide bonds. The van der Waals surface area contributed by atoms with Crippen molar-refractivity contribution in [2.45, 2.75) is 39.3 Å². The Kier molecular flexibility index (Phi) is 6.39. The fourth-order valence-corrected chi connectivity index (χ4v) is 2.39. The summed E-state index contributed by atoms with van der Waals surface area (Å²) >= 11 is 0. The molecule has 0 bridgehead atoms. The Hall–Kier alpha value is -2.80. The number of hydrogen-bond donors (Lipinski definition) is 1. The molecule has 0 aliphatic carbocycles. The van der Waals surface area contributed by atoms with Gasteiger partial charge in [0.15, 0.2) is 0 Å². The van der Waals surface area contributed by atoms with Crippen LogP contribution in [-0.4, -0.2) is 11.9 Å². The Balaban J connectivity index is 2.00. The number of nitriles is 1. The van der Waals surface area contributed by atoms with E-state index in [1.54, 1.807) is 18.2 Å². The molecule has 4 heteroatoms. The minimum absolute atomic E-state index is 0.254. The van der Waals surface area contributed by atoms with E-state index in [0.29, 0.717) is 24.3 Å². The van der Waals surface area contributed by atoms with Crippen LogP contribution in [0, 0.1) is 18.3 Å². The number of nitrogens with one attached hydrogen (secondary N) is 1. The average Bonchev–Trinajstić information content (AvgIpc) is 2.60. The third-order valence-corrected chi connectivity index (χ3v) is 3.62. The van der Waals surface area contributed by atoms with Gasteiger partial charge in [0.1, 0.15) is 18.4 Å². The fraction of sp³-hybridized carbons (Fsp3) is 0.300. The molecule has 24 heavy (non-hydrogen) atoms. The van der Waals surface area contributed by atoms with Crippen LogP contribution in [-0.2, 0) is 6.61 Å². The van der Waals surface area contributed by atoms with Crippen LogP contribution in [0.25, 0.3) is 0 Å². The summed E-state index contributed by atoms with van der Waals surface area (Å²) in [6, 6.07) is 16.8. The second-order valence-corrected chi connectivity index (χ2v) is 5.75. The standard InChI is InChI=1S/C20H22N2O2/c1-3-6-18(13-21)22-20(23)17-9-5-10-19(12-17)24-14-16-8-4-7-15(2)11-16/h4-5,7-12,18H,3,6,14H2,1-2H3,(H,22,23). The zero-order valence-corrected chi connectivity index (χ0v) is 14.1. The van der Waals surface area contributed by atoms with Crippen molar-refractivity contribution in [1.82, 2.24) is 5.32 Å². The third-order valence-electron chi connectivity index (χ3n) is 3.62. The van der Waals surface area contributed by atoms with Crippen LogP contribution in [0.3, 0.4) is 0 Å². The molecule has 0 saturated heterocycles. The van der Waals surface area contributed by atoms with Crippen molar-refractivity contribution in [2.75, 3.05) is 0 Å². The van der Waals surface area contributed by atoms with Gasteiger partial charge < -0.3 is 10.1 Å². The maximum atomic E-state index is 12.2. The Bertz CT molecular complexity index is 734. The quantitative estimate of drug-likeness (QED) is 0.838. The lowest BCUT2D eigenvalue weighted by atomic mass is 10.1. The predicted molar refractivity (Wildman–Crippen MR) is 93.7 cm³/mol. The molecular weight excluding hydrogens is 300 g/mol. The van der Waals surface area contributed by atoms with Gasteiger partial charge in [0.05, 0.1) is 6.07 Å². The molecule has 1 N–H and O–H groups in total. The van der Waals surface area contributed by atoms with Crippen molar-refractivity contribution >= 4 is 5.91 Å². The summed E-state index contributed by atoms with van der Waals surface area (Å²) in [5, 5.41) is 11.8. The summed E-state index contributed by atoms with van der Waals surface area (Å²) in [5.74, 6) is 0.379. The van der Waals surface area contributed by atoms with Crippen molar-refractivity contribution in [3.05, 3.63) is 65.2 Å². The third kappa shape index (κ3) is 5.13. The Labute approximate surface area is 143 Å². The first-order chi connectivity index (χ1) is 11.6. The van der Waals surface area contributed by atoms with E-state index in [0.717, 1.165) is 12.0 Å². The zero-order chi connectivity index (χ0) is 17.4. The van der Waals surface area contributed by atoms with Crippen LogP contribution in [0.5, 0.6) is 5.75 Å². The van der Waals surface area contributed by atoms with Gasteiger partial charge in [-0.2, -0.15) is 5.26 Å². The van der Waals surface area contributed by atoms with E-state index < -0.39 is 6.04 Å². The van der Waals surface area contributed by atoms with E-state index in [9.17, 15) is 4.79 Å². The molecule has 0 aliphatic rings. The summed E-state index contributed by atoms with van der Waals surface area (Å²) in [4.78, 5) is 12.2. The SMILES string of the molecule is CCCC(C#N)NC(=O)c1cccc(OCc2cccc(C)c2)c1. The molecular formula is C20H22N2O2. The van der Waals surface area contributed by atoms with Gasteiger partial charge in [0, 0.05) is 5.56 Å². The first-order valence-electron chi connectivity index (χ1n) is 8.11. The van der Waals surface area contributed by atoms with E-state index in [-0.39, 0.29) is 5.91 Å². The molecule has 1 atom stereocenters. The Morgan fingerprint density at radius 3 is 2.75 bits per heavy atom. The molecule has 0 aliphatic heterocycles. The van der Waals surface area contributed by atoms with Crippen LogP contribution in [0.15, 0.2) is 48.5 Å². The highest BCUT2D eigenvalue weighted by Gasteiger charge is 2.12. The van der Waals surface area contributed by atoms with E-state index in [1.807, 2.05) is 38.1 Å². The number of rotatable bonds is 7. The van der Waals surface area contributed by atoms with E-state index in [4.69, 9.17) is 10.00 Å². The molecule has 124 valence electrons. The lowest BCUT2D eigenvalue weighted by Gasteiger charge is -2.12. The highest BCUT2D eigenvalue weighted by atomic mass is 16.5. The number of amides is 1. The second kappa shape index (κ2) is 8.73. The van der Waals surface area contributed by atoms with E-state index in [2.05, 4.69) is 17.5 Å². The summed E-state index contributed by atoms with van der Waals surface area (Å²) in [6.07, 6.45) is 1.49. The molecule has 0 aromatic heterocycles. The van der Waals surface area contributed by atoms with Gasteiger partial charge in [0.25, 0.3) is 5.91 Å². The first kappa shape index (κ1) is 17.6. The molecule has 0 heterocycles. The lowest BCUT2D eigenvalue weighted by Crippen LogP contribution is -2.33. The fourth-order valence-electron chi connectivity index (χ4n) is 2.39. The minimum Gasteiger partial charge on any atom is -0.489 e. The summed E-state index contributed by atoms with van der Waals surface area (Å²) in [6.45, 7) is 4.47.